The second-order valence-electron chi connectivity index (χ2n) is 5.01. The van der Waals surface area contributed by atoms with Crippen molar-refractivity contribution in [3.8, 4) is 17.2 Å². The molecular weight excluding hydrogens is 328 g/mol. The van der Waals surface area contributed by atoms with Gasteiger partial charge in [0.15, 0.2) is 11.5 Å². The minimum atomic E-state index is -0.547. The molecule has 8 nitrogen and oxygen atoms in total. The Hall–Kier alpha value is -3.29. The SMILES string of the molecule is COc1cc(OC)c(OC)cc1CNC(=O)c1cccc([N+](=O)[O-])c1. The highest BCUT2D eigenvalue weighted by atomic mass is 16.6. The molecule has 0 aliphatic carbocycles. The average molecular weight is 346 g/mol. The Morgan fingerprint density at radius 3 is 2.28 bits per heavy atom. The van der Waals surface area contributed by atoms with E-state index in [0.29, 0.717) is 22.8 Å². The predicted octanol–water partition coefficient (Wildman–Crippen LogP) is 2.55. The third-order valence-electron chi connectivity index (χ3n) is 3.55. The van der Waals surface area contributed by atoms with E-state index in [9.17, 15) is 14.9 Å². The zero-order valence-corrected chi connectivity index (χ0v) is 14.1. The Kier molecular flexibility index (Phi) is 5.78. The van der Waals surface area contributed by atoms with Crippen molar-refractivity contribution >= 4 is 11.6 Å². The predicted molar refractivity (Wildman–Crippen MR) is 90.4 cm³/mol. The summed E-state index contributed by atoms with van der Waals surface area (Å²) in [5, 5.41) is 13.5. The van der Waals surface area contributed by atoms with E-state index < -0.39 is 10.8 Å². The van der Waals surface area contributed by atoms with Crippen LogP contribution >= 0.6 is 0 Å². The monoisotopic (exact) mass is 346 g/mol. The van der Waals surface area contributed by atoms with E-state index in [0.717, 1.165) is 0 Å². The molecule has 0 spiro atoms. The molecular formula is C17H18N2O6. The summed E-state index contributed by atoms with van der Waals surface area (Å²) >= 11 is 0. The van der Waals surface area contributed by atoms with Gasteiger partial charge in [0.05, 0.1) is 26.3 Å². The number of hydrogen-bond donors (Lipinski definition) is 1. The standard InChI is InChI=1S/C17H18N2O6/c1-23-14-9-16(25-3)15(24-2)8-12(14)10-18-17(20)11-5-4-6-13(7-11)19(21)22/h4-9H,10H2,1-3H3,(H,18,20). The van der Waals surface area contributed by atoms with Gasteiger partial charge in [-0.25, -0.2) is 0 Å². The fourth-order valence-corrected chi connectivity index (χ4v) is 2.27. The van der Waals surface area contributed by atoms with Gasteiger partial charge in [-0.1, -0.05) is 6.07 Å². The molecule has 132 valence electrons. The quantitative estimate of drug-likeness (QED) is 0.611. The molecule has 1 amide bonds. The first-order chi connectivity index (χ1) is 12.0. The summed E-state index contributed by atoms with van der Waals surface area (Å²) in [6, 6.07) is 8.88. The highest BCUT2D eigenvalue weighted by Gasteiger charge is 2.15. The molecule has 0 bridgehead atoms. The number of amides is 1. The normalized spacial score (nSPS) is 10.0. The minimum Gasteiger partial charge on any atom is -0.496 e. The first-order valence-electron chi connectivity index (χ1n) is 7.31. The molecule has 0 heterocycles. The van der Waals surface area contributed by atoms with Gasteiger partial charge < -0.3 is 19.5 Å². The van der Waals surface area contributed by atoms with Crippen LogP contribution in [0, 0.1) is 10.1 Å². The third-order valence-corrected chi connectivity index (χ3v) is 3.55. The van der Waals surface area contributed by atoms with Gasteiger partial charge in [0, 0.05) is 35.9 Å². The van der Waals surface area contributed by atoms with Crippen molar-refractivity contribution in [3.63, 3.8) is 0 Å². The summed E-state index contributed by atoms with van der Waals surface area (Å²) in [5.74, 6) is 1.11. The van der Waals surface area contributed by atoms with Crippen LogP contribution in [0.5, 0.6) is 17.2 Å². The van der Waals surface area contributed by atoms with Gasteiger partial charge >= 0.3 is 0 Å². The minimum absolute atomic E-state index is 0.142. The van der Waals surface area contributed by atoms with Crippen molar-refractivity contribution in [3.05, 3.63) is 57.6 Å². The number of nitrogens with zero attached hydrogens (tertiary/aromatic N) is 1. The molecule has 2 aromatic rings. The lowest BCUT2D eigenvalue weighted by atomic mass is 10.1. The molecule has 1 N–H and O–H groups in total. The molecule has 0 aliphatic rings. The fourth-order valence-electron chi connectivity index (χ4n) is 2.27. The number of methoxy groups -OCH3 is 3. The number of carbonyl (C=O) groups is 1. The molecule has 0 aromatic heterocycles. The van der Waals surface area contributed by atoms with Crippen molar-refractivity contribution in [1.82, 2.24) is 5.32 Å². The van der Waals surface area contributed by atoms with E-state index in [4.69, 9.17) is 14.2 Å². The van der Waals surface area contributed by atoms with Crippen molar-refractivity contribution in [2.45, 2.75) is 6.54 Å². The Labute approximate surface area is 144 Å². The fraction of sp³-hybridized carbons (Fsp3) is 0.235. The van der Waals surface area contributed by atoms with Crippen molar-refractivity contribution in [1.29, 1.82) is 0 Å². The lowest BCUT2D eigenvalue weighted by Crippen LogP contribution is -2.23. The largest absolute Gasteiger partial charge is 0.496 e. The summed E-state index contributed by atoms with van der Waals surface area (Å²) in [6.07, 6.45) is 0. The number of rotatable bonds is 7. The van der Waals surface area contributed by atoms with Crippen LogP contribution in [0.3, 0.4) is 0 Å². The number of ether oxygens (including phenoxy) is 3. The van der Waals surface area contributed by atoms with Crippen molar-refractivity contribution < 1.29 is 23.9 Å². The van der Waals surface area contributed by atoms with E-state index in [1.807, 2.05) is 0 Å². The first kappa shape index (κ1) is 18.1. The molecule has 0 radical (unpaired) electrons. The Morgan fingerprint density at radius 2 is 1.68 bits per heavy atom. The Morgan fingerprint density at radius 1 is 1.04 bits per heavy atom. The summed E-state index contributed by atoms with van der Waals surface area (Å²) in [6.45, 7) is 0.158. The number of carbonyl (C=O) groups excluding carboxylic acids is 1. The smallest absolute Gasteiger partial charge is 0.270 e. The molecule has 0 saturated carbocycles. The Bertz CT molecular complexity index is 791. The second kappa shape index (κ2) is 8.00. The van der Waals surface area contributed by atoms with E-state index in [-0.39, 0.29) is 17.8 Å². The first-order valence-corrected chi connectivity index (χ1v) is 7.31. The number of benzene rings is 2. The van der Waals surface area contributed by atoms with Gasteiger partial charge in [0.25, 0.3) is 11.6 Å². The zero-order chi connectivity index (χ0) is 18.4. The second-order valence-corrected chi connectivity index (χ2v) is 5.01. The van der Waals surface area contributed by atoms with Crippen molar-refractivity contribution in [2.75, 3.05) is 21.3 Å². The van der Waals surface area contributed by atoms with Crippen LogP contribution in [0.4, 0.5) is 5.69 Å². The molecule has 2 rings (SSSR count). The van der Waals surface area contributed by atoms with E-state index >= 15 is 0 Å². The number of hydrogen-bond acceptors (Lipinski definition) is 6. The van der Waals surface area contributed by atoms with Gasteiger partial charge in [-0.2, -0.15) is 0 Å². The summed E-state index contributed by atoms with van der Waals surface area (Å²) < 4.78 is 15.7. The van der Waals surface area contributed by atoms with Gasteiger partial charge in [0.2, 0.25) is 0 Å². The molecule has 0 saturated heterocycles. The van der Waals surface area contributed by atoms with Crippen LogP contribution in [0.25, 0.3) is 0 Å². The van der Waals surface area contributed by atoms with Crippen LogP contribution in [-0.4, -0.2) is 32.2 Å². The molecule has 25 heavy (non-hydrogen) atoms. The maximum atomic E-state index is 12.2. The summed E-state index contributed by atoms with van der Waals surface area (Å²) in [7, 11) is 4.53. The molecule has 0 fully saturated rings. The van der Waals surface area contributed by atoms with Crippen LogP contribution in [0.15, 0.2) is 36.4 Å². The van der Waals surface area contributed by atoms with Gasteiger partial charge in [-0.05, 0) is 12.1 Å². The van der Waals surface area contributed by atoms with Crippen LogP contribution in [0.1, 0.15) is 15.9 Å². The topological polar surface area (TPSA) is 99.9 Å². The zero-order valence-electron chi connectivity index (χ0n) is 14.1. The van der Waals surface area contributed by atoms with Gasteiger partial charge in [-0.15, -0.1) is 0 Å². The van der Waals surface area contributed by atoms with E-state index in [1.54, 1.807) is 12.1 Å². The Balaban J connectivity index is 2.19. The highest BCUT2D eigenvalue weighted by Crippen LogP contribution is 2.34. The number of nitrogens with one attached hydrogen (secondary N) is 1. The molecule has 0 unspecified atom stereocenters. The molecule has 8 heteroatoms. The maximum Gasteiger partial charge on any atom is 0.270 e. The van der Waals surface area contributed by atoms with Crippen LogP contribution < -0.4 is 19.5 Å². The summed E-state index contributed by atoms with van der Waals surface area (Å²) in [5.41, 5.74) is 0.740. The molecule has 0 atom stereocenters. The molecule has 0 aliphatic heterocycles. The molecule has 2 aromatic carbocycles. The van der Waals surface area contributed by atoms with Gasteiger partial charge in [-0.3, -0.25) is 14.9 Å². The third kappa shape index (κ3) is 4.17. The van der Waals surface area contributed by atoms with E-state index in [2.05, 4.69) is 5.32 Å². The lowest BCUT2D eigenvalue weighted by Gasteiger charge is -2.14. The number of non-ortho nitro benzene ring substituents is 1. The number of nitro benzene ring substituents is 1. The average Bonchev–Trinajstić information content (AvgIpc) is 2.65. The maximum absolute atomic E-state index is 12.2. The van der Waals surface area contributed by atoms with Crippen LogP contribution in [-0.2, 0) is 6.54 Å². The van der Waals surface area contributed by atoms with Crippen LogP contribution in [0.2, 0.25) is 0 Å². The lowest BCUT2D eigenvalue weighted by molar-refractivity contribution is -0.384. The summed E-state index contributed by atoms with van der Waals surface area (Å²) in [4.78, 5) is 22.5. The van der Waals surface area contributed by atoms with Gasteiger partial charge in [0.1, 0.15) is 5.75 Å². The number of nitro groups is 1. The van der Waals surface area contributed by atoms with Crippen molar-refractivity contribution in [2.24, 2.45) is 0 Å². The highest BCUT2D eigenvalue weighted by molar-refractivity contribution is 5.94. The van der Waals surface area contributed by atoms with E-state index in [1.165, 1.54) is 45.6 Å².